The number of piperidine rings is 1. The van der Waals surface area contributed by atoms with Crippen LogP contribution in [0.15, 0.2) is 12.2 Å². The summed E-state index contributed by atoms with van der Waals surface area (Å²) in [5.41, 5.74) is 0. The molecule has 0 radical (unpaired) electrons. The van der Waals surface area contributed by atoms with Gasteiger partial charge in [0.15, 0.2) is 0 Å². The molecular formula is C10H15NO2. The zero-order chi connectivity index (χ0) is 9.42. The SMILES string of the molecule is COC(=O)[C@@H]1C[C@@H]2C=C[C@H]1N(C)C2. The zero-order valence-corrected chi connectivity index (χ0v) is 8.06. The highest BCUT2D eigenvalue weighted by atomic mass is 16.5. The third kappa shape index (κ3) is 1.37. The second-order valence-electron chi connectivity index (χ2n) is 3.94. The van der Waals surface area contributed by atoms with Crippen LogP contribution in [-0.4, -0.2) is 37.6 Å². The first kappa shape index (κ1) is 8.75. The van der Waals surface area contributed by atoms with Crippen LogP contribution in [0.5, 0.6) is 0 Å². The number of fused-ring (bicyclic) bond motifs is 2. The van der Waals surface area contributed by atoms with Gasteiger partial charge < -0.3 is 4.74 Å². The molecule has 3 nitrogen and oxygen atoms in total. The lowest BCUT2D eigenvalue weighted by molar-refractivity contribution is -0.149. The molecule has 13 heavy (non-hydrogen) atoms. The van der Waals surface area contributed by atoms with Gasteiger partial charge in [-0.1, -0.05) is 12.2 Å². The molecular weight excluding hydrogens is 166 g/mol. The van der Waals surface area contributed by atoms with Gasteiger partial charge >= 0.3 is 5.97 Å². The van der Waals surface area contributed by atoms with E-state index in [9.17, 15) is 4.79 Å². The molecule has 72 valence electrons. The molecule has 1 saturated heterocycles. The Morgan fingerprint density at radius 2 is 2.31 bits per heavy atom. The highest BCUT2D eigenvalue weighted by Crippen LogP contribution is 2.33. The van der Waals surface area contributed by atoms with Gasteiger partial charge in [0.1, 0.15) is 0 Å². The number of hydrogen-bond acceptors (Lipinski definition) is 3. The summed E-state index contributed by atoms with van der Waals surface area (Å²) < 4.78 is 4.79. The fraction of sp³-hybridized carbons (Fsp3) is 0.700. The quantitative estimate of drug-likeness (QED) is 0.440. The smallest absolute Gasteiger partial charge is 0.310 e. The molecule has 0 aromatic heterocycles. The predicted octanol–water partition coefficient (Wildman–Crippen LogP) is 0.666. The number of hydrogen-bond donors (Lipinski definition) is 0. The molecule has 3 atom stereocenters. The Labute approximate surface area is 78.4 Å². The van der Waals surface area contributed by atoms with Gasteiger partial charge in [-0.15, -0.1) is 0 Å². The van der Waals surface area contributed by atoms with E-state index in [1.54, 1.807) is 0 Å². The highest BCUT2D eigenvalue weighted by molar-refractivity contribution is 5.74. The molecule has 0 saturated carbocycles. The highest BCUT2D eigenvalue weighted by Gasteiger charge is 2.39. The number of rotatable bonds is 1. The molecule has 0 aromatic carbocycles. The molecule has 1 aliphatic carbocycles. The van der Waals surface area contributed by atoms with Gasteiger partial charge in [0, 0.05) is 12.6 Å². The number of carbonyl (C=O) groups is 1. The molecule has 3 heteroatoms. The number of nitrogens with zero attached hydrogens (tertiary/aromatic N) is 1. The van der Waals surface area contributed by atoms with Crippen LogP contribution in [0.3, 0.4) is 0 Å². The van der Waals surface area contributed by atoms with Gasteiger partial charge in [-0.3, -0.25) is 9.69 Å². The normalized spacial score (nSPS) is 37.8. The second kappa shape index (κ2) is 3.14. The number of likely N-dealkylation sites (N-methyl/N-ethyl adjacent to an activating group) is 1. The first-order valence-corrected chi connectivity index (χ1v) is 4.68. The van der Waals surface area contributed by atoms with E-state index in [0.29, 0.717) is 5.92 Å². The van der Waals surface area contributed by atoms with Crippen molar-refractivity contribution in [3.8, 4) is 0 Å². The maximum absolute atomic E-state index is 11.4. The first-order valence-electron chi connectivity index (χ1n) is 4.68. The molecule has 2 heterocycles. The Hall–Kier alpha value is -0.830. The molecule has 3 rings (SSSR count). The van der Waals surface area contributed by atoms with Crippen LogP contribution < -0.4 is 0 Å². The van der Waals surface area contributed by atoms with Crippen molar-refractivity contribution in [2.45, 2.75) is 12.5 Å². The van der Waals surface area contributed by atoms with Crippen molar-refractivity contribution in [3.63, 3.8) is 0 Å². The molecule has 0 spiro atoms. The Bertz CT molecular complexity index is 249. The summed E-state index contributed by atoms with van der Waals surface area (Å²) in [5, 5.41) is 0. The van der Waals surface area contributed by atoms with E-state index in [2.05, 4.69) is 24.1 Å². The van der Waals surface area contributed by atoms with Crippen LogP contribution in [0.25, 0.3) is 0 Å². The number of ether oxygens (including phenoxy) is 1. The van der Waals surface area contributed by atoms with Gasteiger partial charge in [0.05, 0.1) is 13.0 Å². The molecule has 0 N–H and O–H groups in total. The fourth-order valence-electron chi connectivity index (χ4n) is 2.42. The molecule has 2 bridgehead atoms. The van der Waals surface area contributed by atoms with Crippen molar-refractivity contribution in [2.24, 2.45) is 11.8 Å². The van der Waals surface area contributed by atoms with Crippen molar-refractivity contribution >= 4 is 5.97 Å². The fourth-order valence-corrected chi connectivity index (χ4v) is 2.42. The molecule has 2 aliphatic heterocycles. The summed E-state index contributed by atoms with van der Waals surface area (Å²) >= 11 is 0. The Kier molecular flexibility index (Phi) is 2.12. The van der Waals surface area contributed by atoms with Crippen LogP contribution in [-0.2, 0) is 9.53 Å². The topological polar surface area (TPSA) is 29.5 Å². The van der Waals surface area contributed by atoms with Crippen LogP contribution in [0, 0.1) is 11.8 Å². The van der Waals surface area contributed by atoms with E-state index >= 15 is 0 Å². The third-order valence-electron chi connectivity index (χ3n) is 3.08. The monoisotopic (exact) mass is 181 g/mol. The number of esters is 1. The van der Waals surface area contributed by atoms with Crippen LogP contribution >= 0.6 is 0 Å². The Morgan fingerprint density at radius 3 is 2.85 bits per heavy atom. The first-order chi connectivity index (χ1) is 6.22. The molecule has 0 unspecified atom stereocenters. The molecule has 1 fully saturated rings. The van der Waals surface area contributed by atoms with E-state index in [1.807, 2.05) is 0 Å². The second-order valence-corrected chi connectivity index (χ2v) is 3.94. The summed E-state index contributed by atoms with van der Waals surface area (Å²) in [5.74, 6) is 0.531. The summed E-state index contributed by atoms with van der Waals surface area (Å²) in [6, 6.07) is 0.262. The maximum Gasteiger partial charge on any atom is 0.310 e. The van der Waals surface area contributed by atoms with Gasteiger partial charge in [0.2, 0.25) is 0 Å². The minimum Gasteiger partial charge on any atom is -0.469 e. The molecule has 3 aliphatic rings. The van der Waals surface area contributed by atoms with E-state index < -0.39 is 0 Å². The average molecular weight is 181 g/mol. The van der Waals surface area contributed by atoms with Gasteiger partial charge in [0.25, 0.3) is 0 Å². The van der Waals surface area contributed by atoms with Crippen LogP contribution in [0.1, 0.15) is 6.42 Å². The largest absolute Gasteiger partial charge is 0.469 e. The van der Waals surface area contributed by atoms with Crippen LogP contribution in [0.2, 0.25) is 0 Å². The van der Waals surface area contributed by atoms with Crippen molar-refractivity contribution in [1.82, 2.24) is 4.90 Å². The minimum absolute atomic E-state index is 0.0544. The Morgan fingerprint density at radius 1 is 1.54 bits per heavy atom. The van der Waals surface area contributed by atoms with Crippen molar-refractivity contribution < 1.29 is 9.53 Å². The number of methoxy groups -OCH3 is 1. The van der Waals surface area contributed by atoms with Crippen molar-refractivity contribution in [1.29, 1.82) is 0 Å². The van der Waals surface area contributed by atoms with Gasteiger partial charge in [-0.05, 0) is 19.4 Å². The van der Waals surface area contributed by atoms with Crippen LogP contribution in [0.4, 0.5) is 0 Å². The van der Waals surface area contributed by atoms with E-state index in [-0.39, 0.29) is 17.9 Å². The van der Waals surface area contributed by atoms with E-state index in [1.165, 1.54) is 7.11 Å². The van der Waals surface area contributed by atoms with E-state index in [4.69, 9.17) is 4.74 Å². The summed E-state index contributed by atoms with van der Waals surface area (Å²) in [7, 11) is 3.53. The van der Waals surface area contributed by atoms with Crippen molar-refractivity contribution in [2.75, 3.05) is 20.7 Å². The maximum atomic E-state index is 11.4. The summed E-state index contributed by atoms with van der Waals surface area (Å²) in [6.07, 6.45) is 5.32. The van der Waals surface area contributed by atoms with Gasteiger partial charge in [-0.25, -0.2) is 0 Å². The molecule has 0 aromatic rings. The lowest BCUT2D eigenvalue weighted by Gasteiger charge is -2.43. The lowest BCUT2D eigenvalue weighted by atomic mass is 9.78. The standard InChI is InChI=1S/C10H15NO2/c1-11-6-7-3-4-9(11)8(5-7)10(12)13-2/h3-4,7-9H,5-6H2,1-2H3/t7-,8+,9+/m0/s1. The zero-order valence-electron chi connectivity index (χ0n) is 8.06. The summed E-state index contributed by atoms with van der Waals surface area (Å²) in [4.78, 5) is 13.7. The Balaban J connectivity index is 2.16. The minimum atomic E-state index is -0.0640. The van der Waals surface area contributed by atoms with Gasteiger partial charge in [-0.2, -0.15) is 0 Å². The van der Waals surface area contributed by atoms with E-state index in [0.717, 1.165) is 13.0 Å². The summed E-state index contributed by atoms with van der Waals surface area (Å²) in [6.45, 7) is 1.08. The average Bonchev–Trinajstić information content (AvgIpc) is 2.17. The molecule has 0 amide bonds. The predicted molar refractivity (Wildman–Crippen MR) is 49.2 cm³/mol. The van der Waals surface area contributed by atoms with Crippen molar-refractivity contribution in [3.05, 3.63) is 12.2 Å². The third-order valence-corrected chi connectivity index (χ3v) is 3.08. The lowest BCUT2D eigenvalue weighted by Crippen LogP contribution is -2.50. The number of carbonyl (C=O) groups excluding carboxylic acids is 1.